The van der Waals surface area contributed by atoms with Crippen molar-refractivity contribution in [3.63, 3.8) is 0 Å². The predicted octanol–water partition coefficient (Wildman–Crippen LogP) is 13.3. The lowest BCUT2D eigenvalue weighted by Crippen LogP contribution is -2.06. The van der Waals surface area contributed by atoms with E-state index in [0.717, 1.165) is 43.5 Å². The maximum Gasteiger partial charge on any atom is 0.237 e. The normalized spacial score (nSPS) is 12.6. The summed E-state index contributed by atoms with van der Waals surface area (Å²) < 4.78 is 9.48. The molecule has 0 aliphatic carbocycles. The van der Waals surface area contributed by atoms with E-state index in [9.17, 15) is 0 Å². The second-order valence-electron chi connectivity index (χ2n) is 14.9. The first-order valence-corrected chi connectivity index (χ1v) is 19.8. The van der Waals surface area contributed by atoms with E-state index in [1.54, 1.807) is 11.3 Å². The molecule has 0 bridgehead atoms. The van der Waals surface area contributed by atoms with Crippen molar-refractivity contribution in [3.8, 4) is 11.8 Å². The van der Waals surface area contributed by atoms with Gasteiger partial charge in [0.05, 0.1) is 48.8 Å². The van der Waals surface area contributed by atoms with Crippen molar-refractivity contribution < 1.29 is 0 Å². The van der Waals surface area contributed by atoms with Crippen LogP contribution in [0.25, 0.3) is 125 Å². The molecule has 6 aromatic heterocycles. The van der Waals surface area contributed by atoms with Crippen molar-refractivity contribution in [3.05, 3.63) is 164 Å². The Balaban J connectivity index is 1.22. The molecule has 14 rings (SSSR count). The van der Waals surface area contributed by atoms with E-state index in [2.05, 4.69) is 177 Å². The second-order valence-corrected chi connectivity index (χ2v) is 16.0. The first-order chi connectivity index (χ1) is 27.8. The predicted molar refractivity (Wildman–Crippen MR) is 236 cm³/mol. The highest BCUT2D eigenvalue weighted by atomic mass is 32.1. The summed E-state index contributed by atoms with van der Waals surface area (Å²) >= 11 is 1.78. The number of hydrogen-bond donors (Lipinski definition) is 0. The molecule has 0 aliphatic heterocycles. The fourth-order valence-corrected chi connectivity index (χ4v) is 11.1. The molecule has 0 radical (unpaired) electrons. The Morgan fingerprint density at radius 2 is 0.982 bits per heavy atom. The zero-order chi connectivity index (χ0) is 36.2. The van der Waals surface area contributed by atoms with Crippen LogP contribution in [-0.2, 0) is 0 Å². The van der Waals surface area contributed by atoms with Crippen LogP contribution >= 0.6 is 11.3 Å². The number of nitrogens with zero attached hydrogens (tertiary/aromatic N) is 5. The zero-order valence-corrected chi connectivity index (χ0v) is 30.5. The molecule has 258 valence electrons. The summed E-state index contributed by atoms with van der Waals surface area (Å²) in [7, 11) is 0. The van der Waals surface area contributed by atoms with Gasteiger partial charge in [-0.1, -0.05) is 127 Å². The number of thiophene rings is 1. The van der Waals surface area contributed by atoms with E-state index < -0.39 is 0 Å². The van der Waals surface area contributed by atoms with E-state index in [4.69, 9.17) is 9.97 Å². The van der Waals surface area contributed by atoms with Crippen LogP contribution in [0.3, 0.4) is 0 Å². The van der Waals surface area contributed by atoms with E-state index in [-0.39, 0.29) is 0 Å². The molecule has 0 spiro atoms. The Morgan fingerprint density at radius 1 is 0.393 bits per heavy atom. The monoisotopic (exact) mass is 729 g/mol. The van der Waals surface area contributed by atoms with Crippen molar-refractivity contribution in [2.24, 2.45) is 0 Å². The minimum atomic E-state index is 0.665. The van der Waals surface area contributed by atoms with Gasteiger partial charge in [-0.2, -0.15) is 4.98 Å². The van der Waals surface area contributed by atoms with Crippen LogP contribution in [0, 0.1) is 0 Å². The first kappa shape index (κ1) is 29.1. The molecule has 0 aliphatic rings. The largest absolute Gasteiger partial charge is 0.307 e. The highest BCUT2D eigenvalue weighted by Gasteiger charge is 2.27. The van der Waals surface area contributed by atoms with Crippen LogP contribution in [0.5, 0.6) is 0 Å². The van der Waals surface area contributed by atoms with E-state index >= 15 is 0 Å². The van der Waals surface area contributed by atoms with E-state index in [1.165, 1.54) is 75.1 Å². The SMILES string of the molecule is c1ccc2c(c1)ccc1c3c4c5ccccc5n(-c5nc(-n6c7ccccc7c7ccccc76)nc6c5sc5ccccc56)c4cc4c5ccccc5n(c21)c43. The first-order valence-electron chi connectivity index (χ1n) is 19.0. The van der Waals surface area contributed by atoms with E-state index in [0.29, 0.717) is 5.95 Å². The third-order valence-corrected chi connectivity index (χ3v) is 13.3. The Hall–Kier alpha value is -7.28. The molecule has 6 heterocycles. The summed E-state index contributed by atoms with van der Waals surface area (Å²) in [5, 5.41) is 13.5. The lowest BCUT2D eigenvalue weighted by atomic mass is 10.00. The van der Waals surface area contributed by atoms with E-state index in [1.807, 2.05) is 0 Å². The average Bonchev–Trinajstić information content (AvgIpc) is 4.05. The maximum atomic E-state index is 5.69. The average molecular weight is 730 g/mol. The molecule has 0 amide bonds. The fourth-order valence-electron chi connectivity index (χ4n) is 9.95. The highest BCUT2D eigenvalue weighted by Crippen LogP contribution is 2.49. The standard InChI is InChI=1S/C50H27N5S/c1-2-14-29-28(13-1)25-26-35-44-43-33-18-6-11-23-40(33)53(41(43)27-36-32-17-5-10-22-39(32)55(46(29)35)47(36)44)49-48-45(34-19-7-12-24-42(34)56-48)51-50(52-49)54-37-20-8-3-15-30(37)31-16-4-9-21-38(31)54/h1-27H. The van der Waals surface area contributed by atoms with Gasteiger partial charge >= 0.3 is 0 Å². The number of benzene rings is 8. The highest BCUT2D eigenvalue weighted by molar-refractivity contribution is 7.26. The van der Waals surface area contributed by atoms with Gasteiger partial charge in [-0.3, -0.25) is 9.13 Å². The fraction of sp³-hybridized carbons (Fsp3) is 0. The summed E-state index contributed by atoms with van der Waals surface area (Å²) in [6.07, 6.45) is 0. The van der Waals surface area contributed by atoms with Gasteiger partial charge in [0, 0.05) is 58.6 Å². The second kappa shape index (κ2) is 10.3. The maximum absolute atomic E-state index is 5.69. The Morgan fingerprint density at radius 3 is 1.73 bits per heavy atom. The number of rotatable bonds is 2. The van der Waals surface area contributed by atoms with Gasteiger partial charge in [0.15, 0.2) is 5.82 Å². The zero-order valence-electron chi connectivity index (χ0n) is 29.7. The van der Waals surface area contributed by atoms with Gasteiger partial charge in [-0.25, -0.2) is 4.98 Å². The molecular weight excluding hydrogens is 703 g/mol. The third-order valence-electron chi connectivity index (χ3n) is 12.2. The lowest BCUT2D eigenvalue weighted by molar-refractivity contribution is 0.976. The van der Waals surface area contributed by atoms with Crippen LogP contribution < -0.4 is 0 Å². The Bertz CT molecular complexity index is 3960. The van der Waals surface area contributed by atoms with Crippen LogP contribution in [-0.4, -0.2) is 23.5 Å². The number of para-hydroxylation sites is 4. The van der Waals surface area contributed by atoms with Gasteiger partial charge < -0.3 is 4.40 Å². The van der Waals surface area contributed by atoms with Crippen LogP contribution in [0.4, 0.5) is 0 Å². The molecule has 0 saturated heterocycles. The summed E-state index contributed by atoms with van der Waals surface area (Å²) in [6.45, 7) is 0. The summed E-state index contributed by atoms with van der Waals surface area (Å²) in [6, 6.07) is 59.5. The molecular formula is C50H27N5S. The summed E-state index contributed by atoms with van der Waals surface area (Å²) in [4.78, 5) is 11.2. The van der Waals surface area contributed by atoms with Crippen LogP contribution in [0.2, 0.25) is 0 Å². The van der Waals surface area contributed by atoms with Gasteiger partial charge in [0.2, 0.25) is 5.95 Å². The van der Waals surface area contributed by atoms with Gasteiger partial charge in [-0.05, 0) is 41.8 Å². The Labute approximate surface area is 321 Å². The molecule has 8 aromatic carbocycles. The van der Waals surface area contributed by atoms with Crippen molar-refractivity contribution in [1.29, 1.82) is 0 Å². The third kappa shape index (κ3) is 3.47. The smallest absolute Gasteiger partial charge is 0.237 e. The van der Waals surface area contributed by atoms with Crippen LogP contribution in [0.1, 0.15) is 0 Å². The van der Waals surface area contributed by atoms with Gasteiger partial charge in [-0.15, -0.1) is 11.3 Å². The number of hydrogen-bond acceptors (Lipinski definition) is 3. The van der Waals surface area contributed by atoms with Crippen molar-refractivity contribution in [1.82, 2.24) is 23.5 Å². The topological polar surface area (TPSA) is 40.0 Å². The quantitative estimate of drug-likeness (QED) is 0.178. The number of fused-ring (bicyclic) bond motifs is 18. The summed E-state index contributed by atoms with van der Waals surface area (Å²) in [5.41, 5.74) is 9.18. The lowest BCUT2D eigenvalue weighted by Gasteiger charge is -2.12. The minimum Gasteiger partial charge on any atom is -0.307 e. The molecule has 0 fully saturated rings. The van der Waals surface area contributed by atoms with Gasteiger partial charge in [0.25, 0.3) is 0 Å². The van der Waals surface area contributed by atoms with Gasteiger partial charge in [0.1, 0.15) is 0 Å². The molecule has 5 nitrogen and oxygen atoms in total. The van der Waals surface area contributed by atoms with Crippen molar-refractivity contribution in [2.45, 2.75) is 0 Å². The summed E-state index contributed by atoms with van der Waals surface area (Å²) in [5.74, 6) is 1.56. The number of aromatic nitrogens is 5. The Kier molecular flexibility index (Phi) is 5.34. The molecule has 0 atom stereocenters. The molecule has 0 saturated carbocycles. The van der Waals surface area contributed by atoms with Crippen molar-refractivity contribution >= 4 is 124 Å². The molecule has 56 heavy (non-hydrogen) atoms. The molecule has 6 heteroatoms. The minimum absolute atomic E-state index is 0.665. The van der Waals surface area contributed by atoms with Crippen LogP contribution in [0.15, 0.2) is 164 Å². The van der Waals surface area contributed by atoms with Crippen molar-refractivity contribution in [2.75, 3.05) is 0 Å². The molecule has 14 aromatic rings. The molecule has 0 unspecified atom stereocenters. The molecule has 0 N–H and O–H groups in total.